The lowest BCUT2D eigenvalue weighted by molar-refractivity contribution is -0.129. The summed E-state index contributed by atoms with van der Waals surface area (Å²) in [5, 5.41) is 3.49. The average Bonchev–Trinajstić information content (AvgIpc) is 3.32. The number of thiazole rings is 1. The van der Waals surface area contributed by atoms with Gasteiger partial charge in [0.15, 0.2) is 0 Å². The first-order valence-corrected chi connectivity index (χ1v) is 10.2. The zero-order valence-electron chi connectivity index (χ0n) is 15.3. The molecule has 2 aliphatic rings. The quantitative estimate of drug-likeness (QED) is 0.727. The molecule has 3 atom stereocenters. The maximum atomic E-state index is 12.6. The second-order valence-electron chi connectivity index (χ2n) is 7.12. The predicted octanol–water partition coefficient (Wildman–Crippen LogP) is 3.96. The van der Waals surface area contributed by atoms with E-state index in [4.69, 9.17) is 22.1 Å². The smallest absolute Gasteiger partial charge is 0.228 e. The number of nitrogens with zero attached hydrogens (tertiary/aromatic N) is 2. The molecule has 1 amide bonds. The number of rotatable bonds is 5. The van der Waals surface area contributed by atoms with Gasteiger partial charge >= 0.3 is 0 Å². The van der Waals surface area contributed by atoms with Crippen molar-refractivity contribution in [2.75, 3.05) is 13.1 Å². The van der Waals surface area contributed by atoms with E-state index in [0.717, 1.165) is 42.4 Å². The molecular weight excluding hydrogens is 441 g/mol. The van der Waals surface area contributed by atoms with E-state index in [2.05, 4.69) is 4.98 Å². The van der Waals surface area contributed by atoms with E-state index in [-0.39, 0.29) is 36.8 Å². The Bertz CT molecular complexity index is 787. The monoisotopic (exact) mass is 463 g/mol. The summed E-state index contributed by atoms with van der Waals surface area (Å²) in [5.41, 5.74) is 6.97. The molecule has 0 spiro atoms. The molecule has 1 aliphatic carbocycles. The van der Waals surface area contributed by atoms with E-state index in [9.17, 15) is 4.79 Å². The summed E-state index contributed by atoms with van der Waals surface area (Å²) >= 11 is 7.39. The molecule has 2 N–H and O–H groups in total. The van der Waals surface area contributed by atoms with Gasteiger partial charge in [-0.05, 0) is 48.9 Å². The fourth-order valence-corrected chi connectivity index (χ4v) is 4.78. The van der Waals surface area contributed by atoms with Gasteiger partial charge in [-0.15, -0.1) is 36.2 Å². The van der Waals surface area contributed by atoms with Crippen molar-refractivity contribution in [2.45, 2.75) is 31.9 Å². The average molecular weight is 465 g/mol. The minimum atomic E-state index is 0. The second kappa shape index (κ2) is 10.1. The summed E-state index contributed by atoms with van der Waals surface area (Å²) in [6.45, 7) is 2.05. The fourth-order valence-electron chi connectivity index (χ4n) is 3.95. The predicted molar refractivity (Wildman–Crippen MR) is 117 cm³/mol. The number of benzene rings is 1. The van der Waals surface area contributed by atoms with Crippen LogP contribution < -0.4 is 10.5 Å². The standard InChI is InChI=1S/C19H22ClN3O2S.2ClH/c20-13-2-4-15(5-3-13)25-10-18-22-14(11-26-18)7-19(24)23-8-12-1-6-17(21)16(12)9-23;;/h2-5,11-12,16-17H,1,6-10,21H2;2*1H. The molecule has 1 aromatic carbocycles. The zero-order chi connectivity index (χ0) is 18.1. The van der Waals surface area contributed by atoms with Gasteiger partial charge in [0.2, 0.25) is 5.91 Å². The molecule has 0 bridgehead atoms. The number of amides is 1. The Labute approximate surface area is 186 Å². The van der Waals surface area contributed by atoms with Gasteiger partial charge in [0, 0.05) is 29.5 Å². The molecule has 154 valence electrons. The number of halogens is 3. The van der Waals surface area contributed by atoms with Gasteiger partial charge in [-0.2, -0.15) is 0 Å². The largest absolute Gasteiger partial charge is 0.486 e. The molecule has 2 aromatic rings. The lowest BCUT2D eigenvalue weighted by atomic mass is 9.98. The Morgan fingerprint density at radius 2 is 2.00 bits per heavy atom. The number of ether oxygens (including phenoxy) is 1. The van der Waals surface area contributed by atoms with Gasteiger partial charge in [0.1, 0.15) is 17.4 Å². The zero-order valence-corrected chi connectivity index (χ0v) is 18.5. The van der Waals surface area contributed by atoms with Crippen molar-refractivity contribution in [3.8, 4) is 5.75 Å². The number of fused-ring (bicyclic) bond motifs is 1. The summed E-state index contributed by atoms with van der Waals surface area (Å²) in [6.07, 6.45) is 2.60. The van der Waals surface area contributed by atoms with Crippen molar-refractivity contribution >= 4 is 53.7 Å². The van der Waals surface area contributed by atoms with E-state index >= 15 is 0 Å². The number of nitrogens with two attached hydrogens (primary N) is 1. The van der Waals surface area contributed by atoms with E-state index in [0.29, 0.717) is 29.9 Å². The molecule has 4 rings (SSSR count). The minimum Gasteiger partial charge on any atom is -0.486 e. The Hall–Kier alpha value is -1.05. The first kappa shape index (κ1) is 23.2. The van der Waals surface area contributed by atoms with Crippen molar-refractivity contribution in [1.29, 1.82) is 0 Å². The molecule has 2 heterocycles. The highest BCUT2D eigenvalue weighted by atomic mass is 35.5. The third-order valence-electron chi connectivity index (χ3n) is 5.37. The number of hydrogen-bond donors (Lipinski definition) is 1. The van der Waals surface area contributed by atoms with Crippen LogP contribution in [0.5, 0.6) is 5.75 Å². The Morgan fingerprint density at radius 1 is 1.25 bits per heavy atom. The second-order valence-corrected chi connectivity index (χ2v) is 8.49. The number of aromatic nitrogens is 1. The fraction of sp³-hybridized carbons (Fsp3) is 0.474. The Kier molecular flexibility index (Phi) is 8.40. The van der Waals surface area contributed by atoms with Crippen molar-refractivity contribution in [2.24, 2.45) is 17.6 Å². The van der Waals surface area contributed by atoms with Crippen LogP contribution in [-0.4, -0.2) is 34.9 Å². The summed E-state index contributed by atoms with van der Waals surface area (Å²) in [5.74, 6) is 1.98. The number of carbonyl (C=O) groups excluding carboxylic acids is 1. The first-order chi connectivity index (χ1) is 12.6. The number of hydrogen-bond acceptors (Lipinski definition) is 5. The normalized spacial score (nSPS) is 22.9. The molecule has 1 aromatic heterocycles. The molecule has 2 fully saturated rings. The van der Waals surface area contributed by atoms with Crippen molar-refractivity contribution < 1.29 is 9.53 Å². The van der Waals surface area contributed by atoms with E-state index in [1.54, 1.807) is 12.1 Å². The lowest BCUT2D eigenvalue weighted by Crippen LogP contribution is -2.34. The Balaban J connectivity index is 0.00000140. The van der Waals surface area contributed by atoms with Crippen LogP contribution in [-0.2, 0) is 17.8 Å². The van der Waals surface area contributed by atoms with Gasteiger partial charge in [-0.3, -0.25) is 4.79 Å². The number of carbonyl (C=O) groups is 1. The van der Waals surface area contributed by atoms with Crippen LogP contribution in [0.15, 0.2) is 29.6 Å². The molecule has 28 heavy (non-hydrogen) atoms. The van der Waals surface area contributed by atoms with Gasteiger partial charge in [0.05, 0.1) is 12.1 Å². The lowest BCUT2D eigenvalue weighted by Gasteiger charge is -2.18. The van der Waals surface area contributed by atoms with Crippen LogP contribution in [0.25, 0.3) is 0 Å². The van der Waals surface area contributed by atoms with Crippen LogP contribution >= 0.6 is 47.8 Å². The molecule has 3 unspecified atom stereocenters. The molecule has 1 saturated carbocycles. The third-order valence-corrected chi connectivity index (χ3v) is 6.50. The van der Waals surface area contributed by atoms with Crippen molar-refractivity contribution in [3.05, 3.63) is 45.4 Å². The van der Waals surface area contributed by atoms with E-state index in [1.165, 1.54) is 11.3 Å². The van der Waals surface area contributed by atoms with E-state index < -0.39 is 0 Å². The highest BCUT2D eigenvalue weighted by Crippen LogP contribution is 2.37. The summed E-state index contributed by atoms with van der Waals surface area (Å²) in [6, 6.07) is 7.50. The maximum Gasteiger partial charge on any atom is 0.228 e. The van der Waals surface area contributed by atoms with Crippen LogP contribution in [0.2, 0.25) is 5.02 Å². The summed E-state index contributed by atoms with van der Waals surface area (Å²) in [7, 11) is 0. The molecule has 0 radical (unpaired) electrons. The van der Waals surface area contributed by atoms with Crippen LogP contribution in [0, 0.1) is 11.8 Å². The summed E-state index contributed by atoms with van der Waals surface area (Å²) in [4.78, 5) is 19.1. The maximum absolute atomic E-state index is 12.6. The van der Waals surface area contributed by atoms with Crippen LogP contribution in [0.1, 0.15) is 23.5 Å². The molecule has 9 heteroatoms. The SMILES string of the molecule is Cl.Cl.NC1CCC2CN(C(=O)Cc3csc(COc4ccc(Cl)cc4)n3)CC12. The number of likely N-dealkylation sites (tertiary alicyclic amines) is 1. The van der Waals surface area contributed by atoms with Gasteiger partial charge in [-0.25, -0.2) is 4.98 Å². The van der Waals surface area contributed by atoms with Gasteiger partial charge < -0.3 is 15.4 Å². The van der Waals surface area contributed by atoms with Gasteiger partial charge in [0.25, 0.3) is 0 Å². The highest BCUT2D eigenvalue weighted by Gasteiger charge is 2.42. The highest BCUT2D eigenvalue weighted by molar-refractivity contribution is 7.09. The van der Waals surface area contributed by atoms with Gasteiger partial charge in [-0.1, -0.05) is 11.6 Å². The van der Waals surface area contributed by atoms with Crippen molar-refractivity contribution in [3.63, 3.8) is 0 Å². The minimum absolute atomic E-state index is 0. The summed E-state index contributed by atoms with van der Waals surface area (Å²) < 4.78 is 5.71. The topological polar surface area (TPSA) is 68.5 Å². The van der Waals surface area contributed by atoms with Crippen LogP contribution in [0.4, 0.5) is 0 Å². The van der Waals surface area contributed by atoms with Crippen molar-refractivity contribution in [1.82, 2.24) is 9.88 Å². The van der Waals surface area contributed by atoms with E-state index in [1.807, 2.05) is 22.4 Å². The Morgan fingerprint density at radius 3 is 2.71 bits per heavy atom. The third kappa shape index (κ3) is 5.30. The van der Waals surface area contributed by atoms with Crippen LogP contribution in [0.3, 0.4) is 0 Å². The molecule has 1 aliphatic heterocycles. The first-order valence-electron chi connectivity index (χ1n) is 8.93. The molecule has 5 nitrogen and oxygen atoms in total. The molecule has 1 saturated heterocycles. The molecular formula is C19H24Cl3N3O2S.